The Labute approximate surface area is 227 Å². The molecule has 6 rings (SSSR count). The van der Waals surface area contributed by atoms with Crippen molar-refractivity contribution in [2.45, 2.75) is 0 Å². The van der Waals surface area contributed by atoms with E-state index in [0.29, 0.717) is 0 Å². The summed E-state index contributed by atoms with van der Waals surface area (Å²) in [6.07, 6.45) is -1.40. The summed E-state index contributed by atoms with van der Waals surface area (Å²) in [4.78, 5) is 0. The molecule has 38 heavy (non-hydrogen) atoms. The van der Waals surface area contributed by atoms with Crippen molar-refractivity contribution < 1.29 is 0 Å². The molecule has 0 saturated carbocycles. The van der Waals surface area contributed by atoms with Crippen molar-refractivity contribution in [3.63, 3.8) is 0 Å². The third kappa shape index (κ3) is 4.51. The smallest absolute Gasteiger partial charge is 0.108 e. The fraction of sp³-hybridized carbons (Fsp3) is 0. The van der Waals surface area contributed by atoms with Gasteiger partial charge in [-0.2, -0.15) is 21.9 Å². The molecular weight excluding hydrogens is 474 g/mol. The van der Waals surface area contributed by atoms with E-state index in [4.69, 9.17) is 0 Å². The van der Waals surface area contributed by atoms with Crippen LogP contribution in [0.4, 0.5) is 0 Å². The molecule has 0 saturated heterocycles. The minimum absolute atomic E-state index is 0.706. The Bertz CT molecular complexity index is 1450. The molecule has 0 fully saturated rings. The van der Waals surface area contributed by atoms with Crippen LogP contribution < -0.4 is 37.8 Å². The maximum absolute atomic E-state index is 2.48. The lowest BCUT2D eigenvalue weighted by Crippen LogP contribution is -2.75. The molecule has 0 aliphatic rings. The standard InChI is InChI=1S/C36H29BP/c1-6-17-30(18-7-1)37(31-19-8-2-9-20-31,32-21-10-3-11-22-32)33-23-16-28-36(29-33)38(34-24-12-4-13-25-34)35-26-14-5-15-27-35/h1-29H/q-1. The van der Waals surface area contributed by atoms with Crippen LogP contribution in [-0.2, 0) is 0 Å². The lowest BCUT2D eigenvalue weighted by atomic mass is 9.13. The van der Waals surface area contributed by atoms with Crippen LogP contribution in [0.5, 0.6) is 0 Å². The zero-order valence-corrected chi connectivity index (χ0v) is 22.2. The largest absolute Gasteiger partial charge is 0.195 e. The highest BCUT2D eigenvalue weighted by Crippen LogP contribution is 2.32. The lowest BCUT2D eigenvalue weighted by Gasteiger charge is -2.44. The molecule has 2 heteroatoms. The first-order valence-corrected chi connectivity index (χ1v) is 14.5. The van der Waals surface area contributed by atoms with Crippen LogP contribution in [0, 0.1) is 0 Å². The lowest BCUT2D eigenvalue weighted by molar-refractivity contribution is 1.67. The highest BCUT2D eigenvalue weighted by Gasteiger charge is 2.32. The number of rotatable bonds is 7. The Balaban J connectivity index is 1.64. The monoisotopic (exact) mass is 503 g/mol. The molecule has 182 valence electrons. The molecule has 6 aromatic carbocycles. The van der Waals surface area contributed by atoms with Gasteiger partial charge in [0.1, 0.15) is 6.15 Å². The molecule has 0 heterocycles. The van der Waals surface area contributed by atoms with E-state index in [0.717, 1.165) is 0 Å². The third-order valence-electron chi connectivity index (χ3n) is 7.56. The molecular formula is C36H29BP-. The van der Waals surface area contributed by atoms with Crippen LogP contribution in [0.2, 0.25) is 0 Å². The van der Waals surface area contributed by atoms with E-state index < -0.39 is 14.1 Å². The molecule has 0 radical (unpaired) electrons. The Morgan fingerprint density at radius 2 is 0.605 bits per heavy atom. The molecule has 0 atom stereocenters. The second kappa shape index (κ2) is 11.1. The van der Waals surface area contributed by atoms with E-state index in [-0.39, 0.29) is 0 Å². The van der Waals surface area contributed by atoms with Gasteiger partial charge in [-0.1, -0.05) is 176 Å². The quantitative estimate of drug-likeness (QED) is 0.217. The minimum Gasteiger partial charge on any atom is -0.195 e. The highest BCUT2D eigenvalue weighted by molar-refractivity contribution is 7.79. The average molecular weight is 503 g/mol. The maximum atomic E-state index is 2.48. The van der Waals surface area contributed by atoms with Crippen molar-refractivity contribution in [3.05, 3.63) is 176 Å². The summed E-state index contributed by atoms with van der Waals surface area (Å²) >= 11 is 0. The maximum Gasteiger partial charge on any atom is 0.108 e. The average Bonchev–Trinajstić information content (AvgIpc) is 3.01. The summed E-state index contributed by atoms with van der Waals surface area (Å²) in [6.45, 7) is 0. The molecule has 0 nitrogen and oxygen atoms in total. The molecule has 0 aromatic heterocycles. The van der Waals surface area contributed by atoms with E-state index in [1.807, 2.05) is 0 Å². The predicted molar refractivity (Wildman–Crippen MR) is 169 cm³/mol. The van der Waals surface area contributed by atoms with Gasteiger partial charge in [0.15, 0.2) is 0 Å². The number of benzene rings is 6. The van der Waals surface area contributed by atoms with E-state index in [1.54, 1.807) is 0 Å². The Morgan fingerprint density at radius 1 is 0.289 bits per heavy atom. The van der Waals surface area contributed by atoms with Crippen LogP contribution >= 0.6 is 7.92 Å². The summed E-state index contributed by atoms with van der Waals surface area (Å²) in [5.74, 6) is 0. The molecule has 0 aliphatic carbocycles. The van der Waals surface area contributed by atoms with E-state index in [2.05, 4.69) is 176 Å². The van der Waals surface area contributed by atoms with Crippen LogP contribution in [0.3, 0.4) is 0 Å². The van der Waals surface area contributed by atoms with Gasteiger partial charge in [0.2, 0.25) is 0 Å². The first-order valence-electron chi connectivity index (χ1n) is 13.2. The van der Waals surface area contributed by atoms with Crippen LogP contribution in [-0.4, -0.2) is 6.15 Å². The normalized spacial score (nSPS) is 11.4. The van der Waals surface area contributed by atoms with Gasteiger partial charge >= 0.3 is 0 Å². The van der Waals surface area contributed by atoms with Gasteiger partial charge in [-0.05, 0) is 23.8 Å². The van der Waals surface area contributed by atoms with Crippen LogP contribution in [0.15, 0.2) is 176 Å². The summed E-state index contributed by atoms with van der Waals surface area (Å²) in [6, 6.07) is 64.4. The Morgan fingerprint density at radius 3 is 1.00 bits per heavy atom. The predicted octanol–water partition coefficient (Wildman–Crippen LogP) is 4.82. The minimum atomic E-state index is -1.40. The van der Waals surface area contributed by atoms with E-state index >= 15 is 0 Å². The first kappa shape index (κ1) is 24.2. The number of hydrogen-bond acceptors (Lipinski definition) is 0. The van der Waals surface area contributed by atoms with Crippen molar-refractivity contribution in [2.75, 3.05) is 0 Å². The van der Waals surface area contributed by atoms with E-state index in [1.165, 1.54) is 37.8 Å². The van der Waals surface area contributed by atoms with Crippen molar-refractivity contribution in [1.29, 1.82) is 0 Å². The highest BCUT2D eigenvalue weighted by atomic mass is 31.1. The molecule has 0 unspecified atom stereocenters. The zero-order valence-electron chi connectivity index (χ0n) is 21.3. The van der Waals surface area contributed by atoms with Gasteiger partial charge in [0, 0.05) is 0 Å². The summed E-state index contributed by atoms with van der Waals surface area (Å²) < 4.78 is 0. The second-order valence-corrected chi connectivity index (χ2v) is 11.9. The summed E-state index contributed by atoms with van der Waals surface area (Å²) in [5, 5.41) is 4.09. The third-order valence-corrected chi connectivity index (χ3v) is 9.98. The van der Waals surface area contributed by atoms with Crippen molar-refractivity contribution in [1.82, 2.24) is 0 Å². The fourth-order valence-electron chi connectivity index (χ4n) is 5.91. The van der Waals surface area contributed by atoms with E-state index in [9.17, 15) is 0 Å². The van der Waals surface area contributed by atoms with Gasteiger partial charge in [-0.15, -0.1) is 0 Å². The van der Waals surface area contributed by atoms with Crippen LogP contribution in [0.25, 0.3) is 0 Å². The summed E-state index contributed by atoms with van der Waals surface area (Å²) in [7, 11) is -0.706. The Kier molecular flexibility index (Phi) is 7.03. The van der Waals surface area contributed by atoms with Gasteiger partial charge in [-0.25, -0.2) is 0 Å². The van der Waals surface area contributed by atoms with Crippen molar-refractivity contribution >= 4 is 51.8 Å². The topological polar surface area (TPSA) is 0 Å². The SMILES string of the molecule is c1ccc(P(c2ccccc2)c2cccc([B-](c3ccccc3)(c3ccccc3)c3ccccc3)c2)cc1. The molecule has 0 amide bonds. The van der Waals surface area contributed by atoms with Crippen molar-refractivity contribution in [2.24, 2.45) is 0 Å². The molecule has 0 N–H and O–H groups in total. The Hall–Kier alpha value is -4.19. The van der Waals surface area contributed by atoms with Gasteiger partial charge in [0.05, 0.1) is 0 Å². The summed E-state index contributed by atoms with van der Waals surface area (Å²) in [5.41, 5.74) is 5.31. The molecule has 0 spiro atoms. The first-order chi connectivity index (χ1) is 18.9. The fourth-order valence-corrected chi connectivity index (χ4v) is 8.26. The van der Waals surface area contributed by atoms with Gasteiger partial charge in [-0.3, -0.25) is 0 Å². The van der Waals surface area contributed by atoms with Gasteiger partial charge in [0.25, 0.3) is 0 Å². The van der Waals surface area contributed by atoms with Crippen LogP contribution in [0.1, 0.15) is 0 Å². The molecule has 0 aliphatic heterocycles. The van der Waals surface area contributed by atoms with Crippen molar-refractivity contribution in [3.8, 4) is 0 Å². The molecule has 6 aromatic rings. The second-order valence-electron chi connectivity index (χ2n) is 9.70. The zero-order chi connectivity index (χ0) is 25.6. The van der Waals surface area contributed by atoms with Gasteiger partial charge < -0.3 is 0 Å². The number of hydrogen-bond donors (Lipinski definition) is 0. The molecule has 0 bridgehead atoms.